The van der Waals surface area contributed by atoms with Crippen LogP contribution in [0.1, 0.15) is 13.8 Å². The molecule has 0 aliphatic carbocycles. The molecular weight excluding hydrogens is 228 g/mol. The molecule has 0 atom stereocenters. The standard InChI is InChI=1S/C14H18N2S/c1-14(2,17-3)10-15-13-9-8-11-6-4-5-7-12(11)16-13/h4-9H,10H2,1-3H3,(H,15,16). The lowest BCUT2D eigenvalue weighted by molar-refractivity contribution is 0.750. The van der Waals surface area contributed by atoms with Crippen LogP contribution in [-0.2, 0) is 0 Å². The minimum atomic E-state index is 0.229. The van der Waals surface area contributed by atoms with Crippen LogP contribution in [0.15, 0.2) is 36.4 Å². The van der Waals surface area contributed by atoms with E-state index in [1.165, 1.54) is 5.39 Å². The first-order valence-corrected chi connectivity index (χ1v) is 6.98. The van der Waals surface area contributed by atoms with E-state index in [0.29, 0.717) is 0 Å². The minimum absolute atomic E-state index is 0.229. The number of rotatable bonds is 4. The normalized spacial score (nSPS) is 11.7. The van der Waals surface area contributed by atoms with Gasteiger partial charge in [-0.1, -0.05) is 18.2 Å². The van der Waals surface area contributed by atoms with Crippen LogP contribution in [0.4, 0.5) is 5.82 Å². The third kappa shape index (κ3) is 3.13. The molecule has 0 fully saturated rings. The van der Waals surface area contributed by atoms with Crippen LogP contribution in [0, 0.1) is 0 Å². The van der Waals surface area contributed by atoms with Crippen LogP contribution >= 0.6 is 11.8 Å². The first-order valence-electron chi connectivity index (χ1n) is 5.75. The maximum absolute atomic E-state index is 4.59. The van der Waals surface area contributed by atoms with E-state index in [-0.39, 0.29) is 4.75 Å². The summed E-state index contributed by atoms with van der Waals surface area (Å²) in [7, 11) is 0. The number of nitrogens with zero attached hydrogens (tertiary/aromatic N) is 1. The van der Waals surface area contributed by atoms with E-state index in [4.69, 9.17) is 0 Å². The molecule has 3 heteroatoms. The lowest BCUT2D eigenvalue weighted by atomic mass is 10.2. The van der Waals surface area contributed by atoms with Crippen molar-refractivity contribution in [3.63, 3.8) is 0 Å². The Labute approximate surface area is 107 Å². The van der Waals surface area contributed by atoms with Gasteiger partial charge in [-0.25, -0.2) is 4.98 Å². The molecule has 0 radical (unpaired) electrons. The summed E-state index contributed by atoms with van der Waals surface area (Å²) >= 11 is 1.86. The summed E-state index contributed by atoms with van der Waals surface area (Å²) in [5.74, 6) is 0.950. The van der Waals surface area contributed by atoms with Crippen molar-refractivity contribution in [3.8, 4) is 0 Å². The number of hydrogen-bond donors (Lipinski definition) is 1. The number of pyridine rings is 1. The number of thioether (sulfide) groups is 1. The van der Waals surface area contributed by atoms with Gasteiger partial charge in [0, 0.05) is 16.7 Å². The molecule has 1 aromatic carbocycles. The van der Waals surface area contributed by atoms with Crippen LogP contribution in [-0.4, -0.2) is 22.5 Å². The molecule has 90 valence electrons. The Morgan fingerprint density at radius 2 is 1.94 bits per heavy atom. The van der Waals surface area contributed by atoms with Gasteiger partial charge in [-0.05, 0) is 38.3 Å². The summed E-state index contributed by atoms with van der Waals surface area (Å²) < 4.78 is 0.229. The molecule has 1 heterocycles. The number of nitrogens with one attached hydrogen (secondary N) is 1. The molecule has 2 rings (SSSR count). The van der Waals surface area contributed by atoms with E-state index in [1.54, 1.807) is 0 Å². The monoisotopic (exact) mass is 246 g/mol. The van der Waals surface area contributed by atoms with Crippen molar-refractivity contribution in [3.05, 3.63) is 36.4 Å². The van der Waals surface area contributed by atoms with Crippen LogP contribution in [0.25, 0.3) is 10.9 Å². The minimum Gasteiger partial charge on any atom is -0.369 e. The van der Waals surface area contributed by atoms with E-state index >= 15 is 0 Å². The number of benzene rings is 1. The van der Waals surface area contributed by atoms with E-state index in [9.17, 15) is 0 Å². The predicted molar refractivity (Wildman–Crippen MR) is 77.8 cm³/mol. The predicted octanol–water partition coefficient (Wildman–Crippen LogP) is 3.79. The number of aromatic nitrogens is 1. The summed E-state index contributed by atoms with van der Waals surface area (Å²) in [5, 5.41) is 4.58. The van der Waals surface area contributed by atoms with Gasteiger partial charge in [0.25, 0.3) is 0 Å². The van der Waals surface area contributed by atoms with E-state index in [2.05, 4.69) is 42.5 Å². The third-order valence-electron chi connectivity index (χ3n) is 2.85. The Kier molecular flexibility index (Phi) is 3.57. The fourth-order valence-corrected chi connectivity index (χ4v) is 1.76. The van der Waals surface area contributed by atoms with Crippen LogP contribution in [0.3, 0.4) is 0 Å². The quantitative estimate of drug-likeness (QED) is 0.888. The fraction of sp³-hybridized carbons (Fsp3) is 0.357. The number of hydrogen-bond acceptors (Lipinski definition) is 3. The van der Waals surface area contributed by atoms with Crippen molar-refractivity contribution in [2.75, 3.05) is 18.1 Å². The van der Waals surface area contributed by atoms with Crippen LogP contribution in [0.5, 0.6) is 0 Å². The summed E-state index contributed by atoms with van der Waals surface area (Å²) in [4.78, 5) is 4.59. The van der Waals surface area contributed by atoms with Gasteiger partial charge in [-0.2, -0.15) is 11.8 Å². The molecule has 17 heavy (non-hydrogen) atoms. The van der Waals surface area contributed by atoms with E-state index in [1.807, 2.05) is 36.0 Å². The molecule has 0 bridgehead atoms. The van der Waals surface area contributed by atoms with Gasteiger partial charge in [0.15, 0.2) is 0 Å². The molecule has 0 amide bonds. The number of anilines is 1. The fourth-order valence-electron chi connectivity index (χ4n) is 1.54. The zero-order valence-electron chi connectivity index (χ0n) is 10.5. The highest BCUT2D eigenvalue weighted by Crippen LogP contribution is 2.22. The second-order valence-corrected chi connectivity index (χ2v) is 6.22. The molecule has 1 aromatic heterocycles. The van der Waals surface area contributed by atoms with Gasteiger partial charge in [0.2, 0.25) is 0 Å². The van der Waals surface area contributed by atoms with E-state index < -0.39 is 0 Å². The maximum Gasteiger partial charge on any atom is 0.126 e. The molecule has 0 unspecified atom stereocenters. The molecule has 2 nitrogen and oxygen atoms in total. The largest absolute Gasteiger partial charge is 0.369 e. The Bertz CT molecular complexity index is 508. The maximum atomic E-state index is 4.59. The average Bonchev–Trinajstić information content (AvgIpc) is 2.36. The molecule has 0 saturated carbocycles. The Morgan fingerprint density at radius 3 is 2.71 bits per heavy atom. The van der Waals surface area contributed by atoms with Gasteiger partial charge >= 0.3 is 0 Å². The first-order chi connectivity index (χ1) is 8.11. The van der Waals surface area contributed by atoms with Gasteiger partial charge in [0.1, 0.15) is 5.82 Å². The highest BCUT2D eigenvalue weighted by atomic mass is 32.2. The Hall–Kier alpha value is -1.22. The SMILES string of the molecule is CSC(C)(C)CNc1ccc2ccccc2n1. The zero-order valence-corrected chi connectivity index (χ0v) is 11.3. The molecule has 0 spiro atoms. The molecule has 2 aromatic rings. The molecule has 0 saturated heterocycles. The lowest BCUT2D eigenvalue weighted by Crippen LogP contribution is -2.26. The molecule has 1 N–H and O–H groups in total. The highest BCUT2D eigenvalue weighted by Gasteiger charge is 2.15. The summed E-state index contributed by atoms with van der Waals surface area (Å²) in [6, 6.07) is 12.3. The van der Waals surface area contributed by atoms with Crippen molar-refractivity contribution < 1.29 is 0 Å². The summed E-state index contributed by atoms with van der Waals surface area (Å²) in [6.07, 6.45) is 2.13. The van der Waals surface area contributed by atoms with Crippen molar-refractivity contribution in [1.82, 2.24) is 4.98 Å². The van der Waals surface area contributed by atoms with Crippen molar-refractivity contribution in [2.24, 2.45) is 0 Å². The highest BCUT2D eigenvalue weighted by molar-refractivity contribution is 7.99. The smallest absolute Gasteiger partial charge is 0.126 e. The molecular formula is C14H18N2S. The second kappa shape index (κ2) is 4.96. The lowest BCUT2D eigenvalue weighted by Gasteiger charge is -2.22. The second-order valence-electron chi connectivity index (χ2n) is 4.71. The van der Waals surface area contributed by atoms with Gasteiger partial charge in [-0.15, -0.1) is 0 Å². The molecule has 0 aliphatic heterocycles. The van der Waals surface area contributed by atoms with Crippen molar-refractivity contribution in [2.45, 2.75) is 18.6 Å². The zero-order chi connectivity index (χ0) is 12.3. The van der Waals surface area contributed by atoms with Crippen LogP contribution < -0.4 is 5.32 Å². The van der Waals surface area contributed by atoms with E-state index in [0.717, 1.165) is 17.9 Å². The van der Waals surface area contributed by atoms with Gasteiger partial charge in [-0.3, -0.25) is 0 Å². The molecule has 0 aliphatic rings. The van der Waals surface area contributed by atoms with Crippen molar-refractivity contribution in [1.29, 1.82) is 0 Å². The first kappa shape index (κ1) is 12.2. The Balaban J connectivity index is 2.14. The topological polar surface area (TPSA) is 24.9 Å². The summed E-state index contributed by atoms with van der Waals surface area (Å²) in [6.45, 7) is 5.37. The third-order valence-corrected chi connectivity index (χ3v) is 4.10. The number of para-hydroxylation sites is 1. The average molecular weight is 246 g/mol. The van der Waals surface area contributed by atoms with Gasteiger partial charge in [0.05, 0.1) is 5.52 Å². The Morgan fingerprint density at radius 1 is 1.18 bits per heavy atom. The van der Waals surface area contributed by atoms with Crippen LogP contribution in [0.2, 0.25) is 0 Å². The van der Waals surface area contributed by atoms with Crippen molar-refractivity contribution >= 4 is 28.5 Å². The number of fused-ring (bicyclic) bond motifs is 1. The van der Waals surface area contributed by atoms with Gasteiger partial charge < -0.3 is 5.32 Å². The summed E-state index contributed by atoms with van der Waals surface area (Å²) in [5.41, 5.74) is 1.04.